The van der Waals surface area contributed by atoms with E-state index in [2.05, 4.69) is 15.0 Å². The van der Waals surface area contributed by atoms with Crippen LogP contribution in [-0.4, -0.2) is 55.3 Å². The second-order valence-electron chi connectivity index (χ2n) is 6.22. The molecule has 148 valence electrons. The third-order valence-electron chi connectivity index (χ3n) is 4.43. The second kappa shape index (κ2) is 8.28. The number of alkyl halides is 3. The Hall–Kier alpha value is -3.10. The number of rotatable bonds is 4. The van der Waals surface area contributed by atoms with Gasteiger partial charge >= 0.3 is 6.18 Å². The van der Waals surface area contributed by atoms with Crippen LogP contribution >= 0.6 is 0 Å². The van der Waals surface area contributed by atoms with E-state index in [9.17, 15) is 18.0 Å². The predicted molar refractivity (Wildman–Crippen MR) is 98.4 cm³/mol. The first-order valence-corrected chi connectivity index (χ1v) is 8.62. The highest BCUT2D eigenvalue weighted by molar-refractivity contribution is 5.95. The van der Waals surface area contributed by atoms with Crippen LogP contribution in [0.2, 0.25) is 0 Å². The molecule has 1 aliphatic heterocycles. The average Bonchev–Trinajstić information content (AvgIpc) is 2.72. The molecule has 1 amide bonds. The van der Waals surface area contributed by atoms with E-state index in [0.717, 1.165) is 17.8 Å². The molecule has 2 heterocycles. The fourth-order valence-electron chi connectivity index (χ4n) is 2.89. The third kappa shape index (κ3) is 4.59. The van der Waals surface area contributed by atoms with Crippen molar-refractivity contribution in [2.45, 2.75) is 6.18 Å². The lowest BCUT2D eigenvalue weighted by Crippen LogP contribution is -2.49. The molecule has 0 N–H and O–H groups in total. The first-order valence-electron chi connectivity index (χ1n) is 8.62. The molecule has 6 nitrogen and oxygen atoms in total. The molecule has 0 unspecified atom stereocenters. The summed E-state index contributed by atoms with van der Waals surface area (Å²) in [5.41, 5.74) is 0.608. The number of hydrogen-bond acceptors (Lipinski definition) is 5. The van der Waals surface area contributed by atoms with Crippen molar-refractivity contribution in [1.82, 2.24) is 9.88 Å². The van der Waals surface area contributed by atoms with Gasteiger partial charge in [-0.05, 0) is 29.8 Å². The van der Waals surface area contributed by atoms with E-state index in [0.29, 0.717) is 37.6 Å². The Morgan fingerprint density at radius 2 is 1.79 bits per heavy atom. The van der Waals surface area contributed by atoms with E-state index in [1.807, 2.05) is 4.90 Å². The largest absolute Gasteiger partial charge is 0.417 e. The summed E-state index contributed by atoms with van der Waals surface area (Å²) in [6.45, 7) is 1.94. The lowest BCUT2D eigenvalue weighted by molar-refractivity contribution is -0.137. The molecule has 0 radical (unpaired) electrons. The van der Waals surface area contributed by atoms with E-state index < -0.39 is 11.7 Å². The fourth-order valence-corrected chi connectivity index (χ4v) is 2.89. The quantitative estimate of drug-likeness (QED) is 0.593. The molecule has 1 fully saturated rings. The van der Waals surface area contributed by atoms with Gasteiger partial charge in [0, 0.05) is 37.9 Å². The monoisotopic (exact) mass is 392 g/mol. The maximum Gasteiger partial charge on any atom is 0.417 e. The molecule has 1 aromatic heterocycles. The first kappa shape index (κ1) is 19.7. The minimum absolute atomic E-state index is 0.0877. The number of anilines is 1. The second-order valence-corrected chi connectivity index (χ2v) is 6.22. The van der Waals surface area contributed by atoms with Crippen LogP contribution in [0.25, 0.3) is 0 Å². The van der Waals surface area contributed by atoms with Gasteiger partial charge in [0.05, 0.1) is 11.8 Å². The van der Waals surface area contributed by atoms with E-state index >= 15 is 0 Å². The highest BCUT2D eigenvalue weighted by atomic mass is 19.4. The van der Waals surface area contributed by atoms with Crippen LogP contribution in [0, 0.1) is 0 Å². The van der Waals surface area contributed by atoms with Crippen LogP contribution in [0.4, 0.5) is 19.0 Å². The normalized spacial score (nSPS) is 15.1. The maximum atomic E-state index is 12.6. The summed E-state index contributed by atoms with van der Waals surface area (Å²) in [5.74, 6) is 0.386. The minimum atomic E-state index is -4.40. The average molecular weight is 392 g/mol. The minimum Gasteiger partial charge on any atom is -0.399 e. The lowest BCUT2D eigenvalue weighted by atomic mass is 10.1. The summed E-state index contributed by atoms with van der Waals surface area (Å²) in [6.07, 6.45) is -2.02. The van der Waals surface area contributed by atoms with Crippen molar-refractivity contribution in [2.75, 3.05) is 38.2 Å². The number of pyridine rings is 1. The highest BCUT2D eigenvalue weighted by Gasteiger charge is 2.31. The van der Waals surface area contributed by atoms with Crippen molar-refractivity contribution in [3.05, 3.63) is 59.3 Å². The smallest absolute Gasteiger partial charge is 0.399 e. The molecule has 0 saturated carbocycles. The summed E-state index contributed by atoms with van der Waals surface area (Å²) in [6, 6.07) is 9.39. The Morgan fingerprint density at radius 3 is 2.32 bits per heavy atom. The molecule has 0 atom stereocenters. The van der Waals surface area contributed by atoms with Crippen LogP contribution in [-0.2, 0) is 11.0 Å². The number of carbonyl (C=O) groups excluding carboxylic acids is 1. The molecule has 0 bridgehead atoms. The fraction of sp³-hybridized carbons (Fsp3) is 0.316. The van der Waals surface area contributed by atoms with Gasteiger partial charge in [-0.3, -0.25) is 4.79 Å². The maximum absolute atomic E-state index is 12.6. The van der Waals surface area contributed by atoms with Gasteiger partial charge in [0.2, 0.25) is 0 Å². The third-order valence-corrected chi connectivity index (χ3v) is 4.43. The lowest BCUT2D eigenvalue weighted by Gasteiger charge is -2.35. The van der Waals surface area contributed by atoms with E-state index in [1.54, 1.807) is 35.4 Å². The van der Waals surface area contributed by atoms with Crippen molar-refractivity contribution >= 4 is 17.9 Å². The van der Waals surface area contributed by atoms with E-state index in [-0.39, 0.29) is 5.91 Å². The standard InChI is InChI=1S/C19H19F3N4O2/c1-28-24-12-14-2-4-15(5-3-14)18(27)26-10-8-25(9-11-26)17-7-6-16(13-23-17)19(20,21)22/h2-7,12-13H,8-11H2,1H3/b24-12+. The molecule has 0 spiro atoms. The van der Waals surface area contributed by atoms with Crippen molar-refractivity contribution in [1.29, 1.82) is 0 Å². The van der Waals surface area contributed by atoms with E-state index in [4.69, 9.17) is 0 Å². The van der Waals surface area contributed by atoms with Crippen molar-refractivity contribution in [2.24, 2.45) is 5.16 Å². The molecule has 3 rings (SSSR count). The van der Waals surface area contributed by atoms with Gasteiger partial charge in [-0.1, -0.05) is 17.3 Å². The van der Waals surface area contributed by atoms with Crippen molar-refractivity contribution < 1.29 is 22.8 Å². The molecular weight excluding hydrogens is 373 g/mol. The Balaban J connectivity index is 1.58. The number of oxime groups is 1. The van der Waals surface area contributed by atoms with Gasteiger partial charge in [-0.2, -0.15) is 13.2 Å². The summed E-state index contributed by atoms with van der Waals surface area (Å²) in [5, 5.41) is 3.67. The molecule has 1 saturated heterocycles. The predicted octanol–water partition coefficient (Wildman–Crippen LogP) is 3.04. The van der Waals surface area contributed by atoms with Gasteiger partial charge in [0.15, 0.2) is 0 Å². The first-order chi connectivity index (χ1) is 13.4. The van der Waals surface area contributed by atoms with Crippen molar-refractivity contribution in [3.63, 3.8) is 0 Å². The Kier molecular flexibility index (Phi) is 5.81. The van der Waals surface area contributed by atoms with Crippen molar-refractivity contribution in [3.8, 4) is 0 Å². The number of hydrogen-bond donors (Lipinski definition) is 0. The summed E-state index contributed by atoms with van der Waals surface area (Å²) in [4.78, 5) is 24.8. The van der Waals surface area contributed by atoms with E-state index in [1.165, 1.54) is 13.2 Å². The van der Waals surface area contributed by atoms with Crippen LogP contribution < -0.4 is 4.90 Å². The van der Waals surface area contributed by atoms with Gasteiger partial charge in [-0.15, -0.1) is 0 Å². The summed E-state index contributed by atoms with van der Waals surface area (Å²) < 4.78 is 37.9. The Morgan fingerprint density at radius 1 is 1.11 bits per heavy atom. The molecule has 28 heavy (non-hydrogen) atoms. The molecule has 1 aromatic carbocycles. The van der Waals surface area contributed by atoms with Gasteiger partial charge in [0.25, 0.3) is 5.91 Å². The zero-order chi connectivity index (χ0) is 20.1. The number of amides is 1. The molecule has 0 aliphatic carbocycles. The van der Waals surface area contributed by atoms with Crippen LogP contribution in [0.3, 0.4) is 0 Å². The summed E-state index contributed by atoms with van der Waals surface area (Å²) in [7, 11) is 1.45. The topological polar surface area (TPSA) is 58.0 Å². The number of benzene rings is 1. The molecule has 2 aromatic rings. The number of piperazine rings is 1. The SMILES string of the molecule is CO/N=C/c1ccc(C(=O)N2CCN(c3ccc(C(F)(F)F)cn3)CC2)cc1. The van der Waals surface area contributed by atoms with Crippen LogP contribution in [0.5, 0.6) is 0 Å². The Labute approximate surface area is 160 Å². The number of aromatic nitrogens is 1. The molecule has 1 aliphatic rings. The number of halogens is 3. The van der Waals surface area contributed by atoms with Crippen LogP contribution in [0.1, 0.15) is 21.5 Å². The van der Waals surface area contributed by atoms with Crippen LogP contribution in [0.15, 0.2) is 47.8 Å². The molecular formula is C19H19F3N4O2. The highest BCUT2D eigenvalue weighted by Crippen LogP contribution is 2.29. The zero-order valence-electron chi connectivity index (χ0n) is 15.2. The van der Waals surface area contributed by atoms with Gasteiger partial charge in [0.1, 0.15) is 12.9 Å². The van der Waals surface area contributed by atoms with Gasteiger partial charge in [-0.25, -0.2) is 4.98 Å². The zero-order valence-corrected chi connectivity index (χ0v) is 15.2. The van der Waals surface area contributed by atoms with Gasteiger partial charge < -0.3 is 14.6 Å². The Bertz CT molecular complexity index is 828. The summed E-state index contributed by atoms with van der Waals surface area (Å²) >= 11 is 0. The number of carbonyl (C=O) groups is 1. The number of nitrogens with zero attached hydrogens (tertiary/aromatic N) is 4. The molecule has 9 heteroatoms.